The molecule has 4 nitrogen and oxygen atoms in total. The molecule has 0 bridgehead atoms. The van der Waals surface area contributed by atoms with Crippen LogP contribution in [-0.4, -0.2) is 37.4 Å². The molecule has 0 aromatic rings. The van der Waals surface area contributed by atoms with Crippen LogP contribution in [0.2, 0.25) is 0 Å². The average Bonchev–Trinajstić information content (AvgIpc) is 2.27. The number of ether oxygens (including phenoxy) is 1. The molecule has 96 valence electrons. The van der Waals surface area contributed by atoms with E-state index in [4.69, 9.17) is 9.84 Å². The molecule has 0 saturated carbocycles. The van der Waals surface area contributed by atoms with Crippen molar-refractivity contribution >= 4 is 5.97 Å². The molecule has 1 unspecified atom stereocenters. The molecule has 0 fully saturated rings. The molecule has 0 rings (SSSR count). The summed E-state index contributed by atoms with van der Waals surface area (Å²) in [6.07, 6.45) is 3.54. The van der Waals surface area contributed by atoms with Gasteiger partial charge in [-0.3, -0.25) is 4.79 Å². The average molecular weight is 231 g/mol. The molecular weight excluding hydrogens is 206 g/mol. The Balaban J connectivity index is 3.12. The van der Waals surface area contributed by atoms with Crippen LogP contribution >= 0.6 is 0 Å². The normalized spacial score (nSPS) is 12.4. The molecule has 2 N–H and O–H groups in total. The number of nitrogens with one attached hydrogen (secondary N) is 1. The molecule has 0 aromatic heterocycles. The van der Waals surface area contributed by atoms with Gasteiger partial charge in [0.2, 0.25) is 0 Å². The highest BCUT2D eigenvalue weighted by Gasteiger charge is 2.01. The summed E-state index contributed by atoms with van der Waals surface area (Å²) >= 11 is 0. The Morgan fingerprint density at radius 3 is 2.75 bits per heavy atom. The zero-order chi connectivity index (χ0) is 12.2. The van der Waals surface area contributed by atoms with Crippen molar-refractivity contribution in [1.82, 2.24) is 5.32 Å². The maximum Gasteiger partial charge on any atom is 0.305 e. The highest BCUT2D eigenvalue weighted by molar-refractivity contribution is 5.69. The van der Waals surface area contributed by atoms with E-state index in [9.17, 15) is 4.79 Å². The fourth-order valence-corrected chi connectivity index (χ4v) is 1.34. The molecule has 16 heavy (non-hydrogen) atoms. The summed E-state index contributed by atoms with van der Waals surface area (Å²) in [7, 11) is 0. The van der Waals surface area contributed by atoms with Crippen molar-refractivity contribution in [3.8, 4) is 0 Å². The van der Waals surface area contributed by atoms with Crippen molar-refractivity contribution < 1.29 is 14.6 Å². The number of carbonyl (C=O) groups excluding carboxylic acids is 1. The maximum absolute atomic E-state index is 11.0. The van der Waals surface area contributed by atoms with Crippen LogP contribution in [-0.2, 0) is 9.53 Å². The first-order chi connectivity index (χ1) is 7.70. The second-order valence-corrected chi connectivity index (χ2v) is 4.11. The van der Waals surface area contributed by atoms with E-state index in [1.807, 2.05) is 13.8 Å². The monoisotopic (exact) mass is 231 g/mol. The lowest BCUT2D eigenvalue weighted by Crippen LogP contribution is -2.24. The number of carbonyl (C=O) groups is 1. The molecule has 0 aliphatic carbocycles. The van der Waals surface area contributed by atoms with Crippen LogP contribution in [0.25, 0.3) is 0 Å². The van der Waals surface area contributed by atoms with Crippen LogP contribution in [0.4, 0.5) is 0 Å². The number of hydrogen-bond donors (Lipinski definition) is 2. The first kappa shape index (κ1) is 15.4. The van der Waals surface area contributed by atoms with Gasteiger partial charge in [0, 0.05) is 13.0 Å². The minimum Gasteiger partial charge on any atom is -0.466 e. The third-order valence-electron chi connectivity index (χ3n) is 2.34. The molecule has 0 aliphatic heterocycles. The fourth-order valence-electron chi connectivity index (χ4n) is 1.34. The second-order valence-electron chi connectivity index (χ2n) is 4.11. The Morgan fingerprint density at radius 1 is 1.38 bits per heavy atom. The van der Waals surface area contributed by atoms with E-state index in [1.165, 1.54) is 0 Å². The molecule has 0 aliphatic rings. The first-order valence-electron chi connectivity index (χ1n) is 6.17. The van der Waals surface area contributed by atoms with E-state index < -0.39 is 0 Å². The predicted octanol–water partition coefficient (Wildman–Crippen LogP) is 1.33. The Morgan fingerprint density at radius 2 is 2.12 bits per heavy atom. The van der Waals surface area contributed by atoms with E-state index >= 15 is 0 Å². The zero-order valence-corrected chi connectivity index (χ0v) is 10.5. The predicted molar refractivity (Wildman–Crippen MR) is 64.2 cm³/mol. The third-order valence-corrected chi connectivity index (χ3v) is 2.34. The van der Waals surface area contributed by atoms with Crippen LogP contribution in [0, 0.1) is 5.92 Å². The number of aliphatic hydroxyl groups excluding tert-OH is 1. The van der Waals surface area contributed by atoms with Gasteiger partial charge in [-0.05, 0) is 38.8 Å². The van der Waals surface area contributed by atoms with Crippen LogP contribution in [0.5, 0.6) is 0 Å². The van der Waals surface area contributed by atoms with Gasteiger partial charge in [0.05, 0.1) is 6.61 Å². The van der Waals surface area contributed by atoms with Crippen LogP contribution in [0.3, 0.4) is 0 Å². The molecule has 0 saturated heterocycles. The van der Waals surface area contributed by atoms with Crippen molar-refractivity contribution in [2.45, 2.75) is 39.5 Å². The summed E-state index contributed by atoms with van der Waals surface area (Å²) in [4.78, 5) is 11.0. The summed E-state index contributed by atoms with van der Waals surface area (Å²) < 4.78 is 4.83. The van der Waals surface area contributed by atoms with E-state index in [0.29, 0.717) is 18.9 Å². The Bertz CT molecular complexity index is 174. The van der Waals surface area contributed by atoms with E-state index in [0.717, 1.165) is 32.4 Å². The maximum atomic E-state index is 11.0. The van der Waals surface area contributed by atoms with Crippen LogP contribution < -0.4 is 5.32 Å². The van der Waals surface area contributed by atoms with E-state index in [1.54, 1.807) is 0 Å². The summed E-state index contributed by atoms with van der Waals surface area (Å²) in [5.41, 5.74) is 0. The third kappa shape index (κ3) is 9.93. The van der Waals surface area contributed by atoms with Gasteiger partial charge >= 0.3 is 5.97 Å². The summed E-state index contributed by atoms with van der Waals surface area (Å²) in [5.74, 6) is 0.226. The van der Waals surface area contributed by atoms with Gasteiger partial charge in [0.1, 0.15) is 0 Å². The molecule has 4 heteroatoms. The van der Waals surface area contributed by atoms with Gasteiger partial charge < -0.3 is 15.2 Å². The Labute approximate surface area is 98.4 Å². The number of unbranched alkanes of at least 4 members (excludes halogenated alkanes) is 2. The topological polar surface area (TPSA) is 58.6 Å². The number of hydrogen-bond acceptors (Lipinski definition) is 4. The molecule has 0 heterocycles. The largest absolute Gasteiger partial charge is 0.466 e. The highest BCUT2D eigenvalue weighted by Crippen LogP contribution is 2.00. The van der Waals surface area contributed by atoms with Gasteiger partial charge in [-0.15, -0.1) is 0 Å². The molecule has 0 spiro atoms. The van der Waals surface area contributed by atoms with Gasteiger partial charge in [-0.2, -0.15) is 0 Å². The zero-order valence-electron chi connectivity index (χ0n) is 10.5. The summed E-state index contributed by atoms with van der Waals surface area (Å²) in [6.45, 7) is 6.34. The highest BCUT2D eigenvalue weighted by atomic mass is 16.5. The molecule has 0 amide bonds. The first-order valence-corrected chi connectivity index (χ1v) is 6.17. The van der Waals surface area contributed by atoms with Crippen LogP contribution in [0.15, 0.2) is 0 Å². The van der Waals surface area contributed by atoms with Crippen molar-refractivity contribution in [3.05, 3.63) is 0 Å². The lowest BCUT2D eigenvalue weighted by Gasteiger charge is -2.09. The molecule has 0 radical (unpaired) electrons. The minimum absolute atomic E-state index is 0.0932. The Kier molecular flexibility index (Phi) is 10.5. The van der Waals surface area contributed by atoms with Gasteiger partial charge in [-0.25, -0.2) is 0 Å². The van der Waals surface area contributed by atoms with E-state index in [2.05, 4.69) is 5.32 Å². The molecule has 1 atom stereocenters. The SMILES string of the molecule is CCOC(=O)CCCCCNCC(C)CO. The lowest BCUT2D eigenvalue weighted by atomic mass is 10.2. The molecular formula is C12H25NO3. The van der Waals surface area contributed by atoms with Crippen molar-refractivity contribution in [3.63, 3.8) is 0 Å². The van der Waals surface area contributed by atoms with Gasteiger partial charge in [0.25, 0.3) is 0 Å². The standard InChI is InChI=1S/C12H25NO3/c1-3-16-12(15)7-5-4-6-8-13-9-11(2)10-14/h11,13-14H,3-10H2,1-2H3. The Hall–Kier alpha value is -0.610. The number of esters is 1. The summed E-state index contributed by atoms with van der Waals surface area (Å²) in [5, 5.41) is 12.1. The van der Waals surface area contributed by atoms with E-state index in [-0.39, 0.29) is 12.6 Å². The van der Waals surface area contributed by atoms with Gasteiger partial charge in [-0.1, -0.05) is 13.3 Å². The number of aliphatic hydroxyl groups is 1. The van der Waals surface area contributed by atoms with Crippen molar-refractivity contribution in [2.24, 2.45) is 5.92 Å². The summed E-state index contributed by atoms with van der Waals surface area (Å²) in [6, 6.07) is 0. The van der Waals surface area contributed by atoms with Crippen LogP contribution in [0.1, 0.15) is 39.5 Å². The van der Waals surface area contributed by atoms with Gasteiger partial charge in [0.15, 0.2) is 0 Å². The quantitative estimate of drug-likeness (QED) is 0.440. The minimum atomic E-state index is -0.0932. The smallest absolute Gasteiger partial charge is 0.305 e. The second kappa shape index (κ2) is 10.9. The van der Waals surface area contributed by atoms with Crippen molar-refractivity contribution in [2.75, 3.05) is 26.3 Å². The fraction of sp³-hybridized carbons (Fsp3) is 0.917. The number of rotatable bonds is 10. The lowest BCUT2D eigenvalue weighted by molar-refractivity contribution is -0.143. The van der Waals surface area contributed by atoms with Crippen molar-refractivity contribution in [1.29, 1.82) is 0 Å². The molecule has 0 aromatic carbocycles.